The monoisotopic (exact) mass is 376 g/mol. The first-order chi connectivity index (χ1) is 13.7. The van der Waals surface area contributed by atoms with Gasteiger partial charge in [0, 0.05) is 42.3 Å². The molecule has 3 heterocycles. The van der Waals surface area contributed by atoms with Crippen LogP contribution in [0.3, 0.4) is 0 Å². The molecule has 0 radical (unpaired) electrons. The lowest BCUT2D eigenvalue weighted by molar-refractivity contribution is 0.0708. The van der Waals surface area contributed by atoms with Gasteiger partial charge in [-0.05, 0) is 38.7 Å². The Morgan fingerprint density at radius 3 is 2.61 bits per heavy atom. The highest BCUT2D eigenvalue weighted by atomic mass is 16.2. The van der Waals surface area contributed by atoms with Crippen molar-refractivity contribution in [1.82, 2.24) is 25.1 Å². The fraction of sp³-hybridized carbons (Fsp3) is 0.429. The number of benzene rings is 1. The number of aromatic amines is 1. The number of para-hydroxylation sites is 1. The van der Waals surface area contributed by atoms with E-state index in [-0.39, 0.29) is 5.91 Å². The molecule has 0 spiro atoms. The van der Waals surface area contributed by atoms with Gasteiger partial charge in [-0.2, -0.15) is 5.10 Å². The van der Waals surface area contributed by atoms with Gasteiger partial charge >= 0.3 is 0 Å². The van der Waals surface area contributed by atoms with Crippen molar-refractivity contribution in [2.75, 3.05) is 18.0 Å². The van der Waals surface area contributed by atoms with Crippen molar-refractivity contribution in [3.63, 3.8) is 0 Å². The number of fused-ring (bicyclic) bond motifs is 1. The molecule has 1 aliphatic heterocycles. The van der Waals surface area contributed by atoms with Crippen molar-refractivity contribution in [1.29, 1.82) is 0 Å². The van der Waals surface area contributed by atoms with Crippen LogP contribution in [0, 0.1) is 6.92 Å². The van der Waals surface area contributed by atoms with E-state index in [2.05, 4.69) is 31.1 Å². The van der Waals surface area contributed by atoms with Crippen LogP contribution in [0.25, 0.3) is 10.9 Å². The number of rotatable bonds is 4. The molecule has 1 aromatic carbocycles. The predicted molar refractivity (Wildman–Crippen MR) is 107 cm³/mol. The topological polar surface area (TPSA) is 78.0 Å². The van der Waals surface area contributed by atoms with Gasteiger partial charge in [-0.15, -0.1) is 0 Å². The van der Waals surface area contributed by atoms with Crippen molar-refractivity contribution in [3.8, 4) is 0 Å². The van der Waals surface area contributed by atoms with Gasteiger partial charge in [-0.25, -0.2) is 9.97 Å². The van der Waals surface area contributed by atoms with Gasteiger partial charge in [-0.1, -0.05) is 18.2 Å². The van der Waals surface area contributed by atoms with Crippen LogP contribution in [-0.2, 0) is 0 Å². The van der Waals surface area contributed by atoms with E-state index < -0.39 is 0 Å². The van der Waals surface area contributed by atoms with E-state index in [1.165, 1.54) is 12.8 Å². The molecule has 1 amide bonds. The van der Waals surface area contributed by atoms with Crippen LogP contribution in [0.15, 0.2) is 36.7 Å². The zero-order valence-corrected chi connectivity index (χ0v) is 16.0. The number of H-pyrrole nitrogens is 1. The molecule has 0 atom stereocenters. The lowest BCUT2D eigenvalue weighted by Crippen LogP contribution is -2.48. The van der Waals surface area contributed by atoms with Crippen LogP contribution in [0.1, 0.15) is 41.9 Å². The third-order valence-corrected chi connectivity index (χ3v) is 5.81. The molecule has 1 N–H and O–H groups in total. The molecule has 7 heteroatoms. The molecule has 28 heavy (non-hydrogen) atoms. The van der Waals surface area contributed by atoms with E-state index in [1.54, 1.807) is 6.33 Å². The van der Waals surface area contributed by atoms with Crippen LogP contribution in [0.4, 0.5) is 5.82 Å². The Balaban J connectivity index is 1.31. The smallest absolute Gasteiger partial charge is 0.274 e. The molecule has 1 saturated heterocycles. The minimum atomic E-state index is 0.0201. The SMILES string of the molecule is Cc1cc(N(C2CC2)C2CCN(C(=O)c3n[nH]c4ccccc34)CC2)ncn1. The Morgan fingerprint density at radius 2 is 1.86 bits per heavy atom. The molecule has 3 aromatic rings. The molecule has 5 rings (SSSR count). The number of amides is 1. The average molecular weight is 376 g/mol. The first-order valence-electron chi connectivity index (χ1n) is 10.00. The van der Waals surface area contributed by atoms with E-state index in [1.807, 2.05) is 36.1 Å². The molecule has 2 aliphatic rings. The molecule has 0 bridgehead atoms. The number of carbonyl (C=O) groups is 1. The van der Waals surface area contributed by atoms with Crippen molar-refractivity contribution in [2.45, 2.75) is 44.7 Å². The fourth-order valence-electron chi connectivity index (χ4n) is 4.23. The molecule has 2 fully saturated rings. The standard InChI is InChI=1S/C21H24N6O/c1-14-12-19(23-13-22-14)27(15-6-7-15)16-8-10-26(11-9-16)21(28)20-17-4-2-3-5-18(17)24-25-20/h2-5,12-13,15-16H,6-11H2,1H3,(H,24,25). The number of aryl methyl sites for hydroxylation is 1. The first kappa shape index (κ1) is 17.2. The number of aromatic nitrogens is 4. The van der Waals surface area contributed by atoms with Gasteiger partial charge in [0.15, 0.2) is 5.69 Å². The van der Waals surface area contributed by atoms with Gasteiger partial charge < -0.3 is 9.80 Å². The van der Waals surface area contributed by atoms with Crippen molar-refractivity contribution in [2.24, 2.45) is 0 Å². The highest BCUT2D eigenvalue weighted by molar-refractivity contribution is 6.04. The number of nitrogens with one attached hydrogen (secondary N) is 1. The number of hydrogen-bond donors (Lipinski definition) is 1. The second-order valence-corrected chi connectivity index (χ2v) is 7.80. The maximum Gasteiger partial charge on any atom is 0.274 e. The van der Waals surface area contributed by atoms with E-state index in [4.69, 9.17) is 0 Å². The first-order valence-corrected chi connectivity index (χ1v) is 10.00. The number of likely N-dealkylation sites (tertiary alicyclic amines) is 1. The molecular weight excluding hydrogens is 352 g/mol. The molecule has 1 saturated carbocycles. The minimum Gasteiger partial charge on any atom is -0.350 e. The largest absolute Gasteiger partial charge is 0.350 e. The Bertz CT molecular complexity index is 1000. The molecule has 7 nitrogen and oxygen atoms in total. The number of nitrogens with zero attached hydrogens (tertiary/aromatic N) is 5. The zero-order valence-electron chi connectivity index (χ0n) is 16.0. The summed E-state index contributed by atoms with van der Waals surface area (Å²) < 4.78 is 0. The van der Waals surface area contributed by atoms with Gasteiger partial charge in [-0.3, -0.25) is 9.89 Å². The Hall–Kier alpha value is -2.96. The average Bonchev–Trinajstić information content (AvgIpc) is 3.46. The van der Waals surface area contributed by atoms with Gasteiger partial charge in [0.05, 0.1) is 5.52 Å². The van der Waals surface area contributed by atoms with E-state index in [9.17, 15) is 4.79 Å². The summed E-state index contributed by atoms with van der Waals surface area (Å²) in [6, 6.07) is 10.9. The summed E-state index contributed by atoms with van der Waals surface area (Å²) in [5.74, 6) is 1.05. The van der Waals surface area contributed by atoms with Crippen LogP contribution in [0.2, 0.25) is 0 Å². The summed E-state index contributed by atoms with van der Waals surface area (Å²) in [7, 11) is 0. The second-order valence-electron chi connectivity index (χ2n) is 7.80. The van der Waals surface area contributed by atoms with Crippen LogP contribution >= 0.6 is 0 Å². The summed E-state index contributed by atoms with van der Waals surface area (Å²) in [6.07, 6.45) is 6.01. The zero-order chi connectivity index (χ0) is 19.1. The van der Waals surface area contributed by atoms with E-state index in [0.717, 1.165) is 48.3 Å². The van der Waals surface area contributed by atoms with E-state index in [0.29, 0.717) is 17.8 Å². The summed E-state index contributed by atoms with van der Waals surface area (Å²) in [5.41, 5.74) is 2.42. The minimum absolute atomic E-state index is 0.0201. The van der Waals surface area contributed by atoms with Crippen molar-refractivity contribution >= 4 is 22.6 Å². The number of piperidine rings is 1. The summed E-state index contributed by atoms with van der Waals surface area (Å²) in [4.78, 5) is 26.2. The molecule has 144 valence electrons. The Kier molecular flexibility index (Phi) is 4.22. The van der Waals surface area contributed by atoms with Crippen molar-refractivity contribution < 1.29 is 4.79 Å². The third kappa shape index (κ3) is 3.10. The van der Waals surface area contributed by atoms with Gasteiger partial charge in [0.1, 0.15) is 12.1 Å². The Labute approximate surface area is 163 Å². The summed E-state index contributed by atoms with van der Waals surface area (Å²) in [6.45, 7) is 3.50. The summed E-state index contributed by atoms with van der Waals surface area (Å²) >= 11 is 0. The maximum atomic E-state index is 13.0. The normalized spacial score (nSPS) is 17.8. The van der Waals surface area contributed by atoms with Crippen molar-refractivity contribution in [3.05, 3.63) is 48.0 Å². The third-order valence-electron chi connectivity index (χ3n) is 5.81. The fourth-order valence-corrected chi connectivity index (χ4v) is 4.23. The second kappa shape index (κ2) is 6.89. The number of anilines is 1. The van der Waals surface area contributed by atoms with Crippen LogP contribution < -0.4 is 4.90 Å². The highest BCUT2D eigenvalue weighted by Gasteiger charge is 2.37. The lowest BCUT2D eigenvalue weighted by atomic mass is 10.0. The lowest BCUT2D eigenvalue weighted by Gasteiger charge is -2.39. The number of carbonyl (C=O) groups excluding carboxylic acids is 1. The quantitative estimate of drug-likeness (QED) is 0.757. The van der Waals surface area contributed by atoms with Crippen LogP contribution in [-0.4, -0.2) is 56.1 Å². The maximum absolute atomic E-state index is 13.0. The molecule has 2 aromatic heterocycles. The highest BCUT2D eigenvalue weighted by Crippen LogP contribution is 2.35. The molecule has 0 unspecified atom stereocenters. The summed E-state index contributed by atoms with van der Waals surface area (Å²) in [5, 5.41) is 8.14. The molecule has 1 aliphatic carbocycles. The van der Waals surface area contributed by atoms with Crippen LogP contribution in [0.5, 0.6) is 0 Å². The van der Waals surface area contributed by atoms with E-state index >= 15 is 0 Å². The number of hydrogen-bond acceptors (Lipinski definition) is 5. The van der Waals surface area contributed by atoms with Gasteiger partial charge in [0.2, 0.25) is 0 Å². The Morgan fingerprint density at radius 1 is 1.11 bits per heavy atom. The van der Waals surface area contributed by atoms with Gasteiger partial charge in [0.25, 0.3) is 5.91 Å². The molecular formula is C21H24N6O. The predicted octanol–water partition coefficient (Wildman–Crippen LogP) is 2.93.